The zero-order valence-electron chi connectivity index (χ0n) is 12.5. The summed E-state index contributed by atoms with van der Waals surface area (Å²) in [4.78, 5) is 13.2. The van der Waals surface area contributed by atoms with Gasteiger partial charge in [-0.1, -0.05) is 0 Å². The third-order valence-electron chi connectivity index (χ3n) is 3.78. The molecule has 1 fully saturated rings. The van der Waals surface area contributed by atoms with Crippen LogP contribution in [-0.2, 0) is 11.3 Å². The van der Waals surface area contributed by atoms with E-state index in [9.17, 15) is 5.21 Å². The molecule has 4 rings (SSSR count). The van der Waals surface area contributed by atoms with Crippen LogP contribution in [0, 0.1) is 5.21 Å². The Bertz CT molecular complexity index is 815. The summed E-state index contributed by atoms with van der Waals surface area (Å²) < 4.78 is 9.10. The second-order valence-corrected chi connectivity index (χ2v) is 5.29. The second-order valence-electron chi connectivity index (χ2n) is 5.29. The van der Waals surface area contributed by atoms with E-state index in [2.05, 4.69) is 25.4 Å². The van der Waals surface area contributed by atoms with E-state index < -0.39 is 0 Å². The Morgan fingerprint density at radius 3 is 3.09 bits per heavy atom. The van der Waals surface area contributed by atoms with Crippen LogP contribution in [0.25, 0.3) is 17.1 Å². The summed E-state index contributed by atoms with van der Waals surface area (Å²) in [6.45, 7) is 1.06. The molecule has 23 heavy (non-hydrogen) atoms. The third-order valence-corrected chi connectivity index (χ3v) is 3.78. The molecule has 0 saturated carbocycles. The van der Waals surface area contributed by atoms with Crippen LogP contribution in [0.2, 0.25) is 0 Å². The average Bonchev–Trinajstić information content (AvgIpc) is 3.28. The lowest BCUT2D eigenvalue weighted by atomic mass is 10.3. The summed E-state index contributed by atoms with van der Waals surface area (Å²) in [5.74, 6) is 1.26. The van der Waals surface area contributed by atoms with E-state index in [1.807, 2.05) is 16.8 Å². The highest BCUT2D eigenvalue weighted by atomic mass is 16.6. The number of hydrogen-bond donors (Lipinski definition) is 2. The lowest BCUT2D eigenvalue weighted by Crippen LogP contribution is -3.05. The first-order valence-corrected chi connectivity index (χ1v) is 7.28. The van der Waals surface area contributed by atoms with Crippen LogP contribution in [0.15, 0.2) is 24.8 Å². The molecule has 1 saturated heterocycles. The fourth-order valence-corrected chi connectivity index (χ4v) is 2.74. The lowest BCUT2D eigenvalue weighted by Gasteiger charge is -2.13. The molecule has 2 atom stereocenters. The maximum absolute atomic E-state index is 11.5. The van der Waals surface area contributed by atoms with Crippen LogP contribution in [-0.4, -0.2) is 55.7 Å². The van der Waals surface area contributed by atoms with Crippen molar-refractivity contribution in [1.82, 2.24) is 29.3 Å². The van der Waals surface area contributed by atoms with E-state index in [0.29, 0.717) is 36.0 Å². The number of anilines is 1. The van der Waals surface area contributed by atoms with Gasteiger partial charge in [0.2, 0.25) is 5.95 Å². The topological polar surface area (TPSA) is 110 Å². The minimum Gasteiger partial charge on any atom is -0.633 e. The van der Waals surface area contributed by atoms with E-state index in [0.717, 1.165) is 0 Å². The maximum atomic E-state index is 11.5. The Morgan fingerprint density at radius 2 is 2.39 bits per heavy atom. The first-order chi connectivity index (χ1) is 11.3. The van der Waals surface area contributed by atoms with E-state index in [1.54, 1.807) is 17.9 Å². The molecule has 10 heteroatoms. The largest absolute Gasteiger partial charge is 0.633 e. The van der Waals surface area contributed by atoms with Crippen molar-refractivity contribution >= 4 is 17.0 Å². The predicted octanol–water partition coefficient (Wildman–Crippen LogP) is -1.21. The third kappa shape index (κ3) is 2.42. The van der Waals surface area contributed by atoms with Gasteiger partial charge in [0.25, 0.3) is 0 Å². The number of aromatic nitrogens is 6. The second kappa shape index (κ2) is 5.57. The standard InChI is InChI=1S/C13H16N8O2/c1-14-11-10-12(16-7-15-11)20(6-9-5-19(22)8-23-9)13(18-10)21-4-2-3-17-21/h2-4,7,9,19H,5-6,8H2,1H3,(H,14,15,16). The van der Waals surface area contributed by atoms with E-state index >= 15 is 0 Å². The molecule has 4 heterocycles. The number of hydroxylamine groups is 2. The van der Waals surface area contributed by atoms with Crippen molar-refractivity contribution in [3.8, 4) is 5.95 Å². The highest BCUT2D eigenvalue weighted by Crippen LogP contribution is 2.22. The van der Waals surface area contributed by atoms with Crippen molar-refractivity contribution in [1.29, 1.82) is 0 Å². The molecule has 2 unspecified atom stereocenters. The minimum absolute atomic E-state index is 0.116. The van der Waals surface area contributed by atoms with E-state index in [4.69, 9.17) is 4.74 Å². The summed E-state index contributed by atoms with van der Waals surface area (Å²) in [7, 11) is 1.78. The molecule has 3 aromatic heterocycles. The number of nitrogens with one attached hydrogen (secondary N) is 2. The number of quaternary nitrogens is 1. The van der Waals surface area contributed by atoms with Crippen LogP contribution < -0.4 is 10.4 Å². The number of rotatable bonds is 4. The number of nitrogens with zero attached hydrogens (tertiary/aromatic N) is 6. The molecule has 3 aromatic rings. The molecule has 0 bridgehead atoms. The number of imidazole rings is 1. The monoisotopic (exact) mass is 316 g/mol. The first-order valence-electron chi connectivity index (χ1n) is 7.28. The Morgan fingerprint density at radius 1 is 1.48 bits per heavy atom. The first kappa shape index (κ1) is 14.1. The molecular weight excluding hydrogens is 300 g/mol. The molecule has 0 aliphatic carbocycles. The van der Waals surface area contributed by atoms with Crippen LogP contribution in [0.5, 0.6) is 0 Å². The molecule has 0 aromatic carbocycles. The number of hydrogen-bond acceptors (Lipinski definition) is 7. The fourth-order valence-electron chi connectivity index (χ4n) is 2.74. The van der Waals surface area contributed by atoms with Crippen LogP contribution in [0.1, 0.15) is 0 Å². The summed E-state index contributed by atoms with van der Waals surface area (Å²) >= 11 is 0. The fraction of sp³-hybridized carbons (Fsp3) is 0.385. The van der Waals surface area contributed by atoms with Gasteiger partial charge in [0.05, 0.1) is 6.54 Å². The van der Waals surface area contributed by atoms with Gasteiger partial charge in [0.15, 0.2) is 23.7 Å². The minimum atomic E-state index is -0.179. The molecule has 1 aliphatic heterocycles. The van der Waals surface area contributed by atoms with Gasteiger partial charge in [-0.05, 0) is 6.07 Å². The van der Waals surface area contributed by atoms with Crippen LogP contribution >= 0.6 is 0 Å². The van der Waals surface area contributed by atoms with Gasteiger partial charge in [-0.2, -0.15) is 5.10 Å². The Kier molecular flexibility index (Phi) is 3.41. The van der Waals surface area contributed by atoms with Crippen molar-refractivity contribution < 1.29 is 9.80 Å². The molecule has 0 amide bonds. The highest BCUT2D eigenvalue weighted by molar-refractivity contribution is 5.84. The van der Waals surface area contributed by atoms with Crippen LogP contribution in [0.3, 0.4) is 0 Å². The van der Waals surface area contributed by atoms with Gasteiger partial charge >= 0.3 is 0 Å². The quantitative estimate of drug-likeness (QED) is 0.581. The van der Waals surface area contributed by atoms with E-state index in [-0.39, 0.29) is 17.9 Å². The van der Waals surface area contributed by atoms with Gasteiger partial charge in [-0.25, -0.2) is 19.6 Å². The van der Waals surface area contributed by atoms with Crippen molar-refractivity contribution in [3.63, 3.8) is 0 Å². The van der Waals surface area contributed by atoms with Gasteiger partial charge in [-0.15, -0.1) is 0 Å². The highest BCUT2D eigenvalue weighted by Gasteiger charge is 2.26. The molecule has 10 nitrogen and oxygen atoms in total. The van der Waals surface area contributed by atoms with Crippen LogP contribution in [0.4, 0.5) is 5.82 Å². The maximum Gasteiger partial charge on any atom is 0.233 e. The predicted molar refractivity (Wildman–Crippen MR) is 80.9 cm³/mol. The van der Waals surface area contributed by atoms with Crippen molar-refractivity contribution in [3.05, 3.63) is 30.0 Å². The van der Waals surface area contributed by atoms with Gasteiger partial charge in [-0.3, -0.25) is 4.57 Å². The van der Waals surface area contributed by atoms with Gasteiger partial charge < -0.3 is 20.3 Å². The molecule has 120 valence electrons. The average molecular weight is 316 g/mol. The lowest BCUT2D eigenvalue weighted by molar-refractivity contribution is -0.845. The molecule has 2 N–H and O–H groups in total. The van der Waals surface area contributed by atoms with Gasteiger partial charge in [0, 0.05) is 19.4 Å². The molecule has 0 radical (unpaired) electrons. The Hall–Kier alpha value is -2.56. The smallest absolute Gasteiger partial charge is 0.233 e. The Balaban J connectivity index is 1.84. The van der Waals surface area contributed by atoms with Crippen molar-refractivity contribution in [2.24, 2.45) is 0 Å². The molecular formula is C13H16N8O2. The number of ether oxygens (including phenoxy) is 1. The number of fused-ring (bicyclic) bond motifs is 1. The SMILES string of the molecule is CNc1ncnc2c1nc(-n1cccn1)n2CC1C[NH+]([O-])CO1. The van der Waals surface area contributed by atoms with Crippen molar-refractivity contribution in [2.45, 2.75) is 12.6 Å². The molecule has 1 aliphatic rings. The normalized spacial score (nSPS) is 21.1. The zero-order chi connectivity index (χ0) is 15.8. The summed E-state index contributed by atoms with van der Waals surface area (Å²) in [5, 5.41) is 18.8. The Labute approximate surface area is 131 Å². The van der Waals surface area contributed by atoms with Gasteiger partial charge in [0.1, 0.15) is 19.0 Å². The van der Waals surface area contributed by atoms with E-state index in [1.165, 1.54) is 6.33 Å². The molecule has 0 spiro atoms. The zero-order valence-corrected chi connectivity index (χ0v) is 12.5. The van der Waals surface area contributed by atoms with Crippen molar-refractivity contribution in [2.75, 3.05) is 25.6 Å². The summed E-state index contributed by atoms with van der Waals surface area (Å²) in [5.41, 5.74) is 1.34. The summed E-state index contributed by atoms with van der Waals surface area (Å²) in [6.07, 6.45) is 4.80. The summed E-state index contributed by atoms with van der Waals surface area (Å²) in [6, 6.07) is 1.82.